The van der Waals surface area contributed by atoms with Crippen LogP contribution in [0.4, 0.5) is 4.39 Å². The minimum absolute atomic E-state index is 0. The zero-order valence-corrected chi connectivity index (χ0v) is 6.57. The lowest BCUT2D eigenvalue weighted by Crippen LogP contribution is -1.81. The number of halogens is 1. The van der Waals surface area contributed by atoms with E-state index in [-0.39, 0.29) is 13.5 Å². The topological polar surface area (TPSA) is 49.7 Å². The highest BCUT2D eigenvalue weighted by molar-refractivity contribution is 6.13. The minimum atomic E-state index is -0.269. The van der Waals surface area contributed by atoms with Crippen LogP contribution >= 0.6 is 0 Å². The molecule has 1 aromatic rings. The van der Waals surface area contributed by atoms with Crippen molar-refractivity contribution in [1.29, 1.82) is 0 Å². The van der Waals surface area contributed by atoms with Gasteiger partial charge in [-0.1, -0.05) is 6.07 Å². The van der Waals surface area contributed by atoms with Crippen molar-refractivity contribution in [2.24, 2.45) is 0 Å². The van der Waals surface area contributed by atoms with Crippen LogP contribution in [0.2, 0.25) is 0 Å². The zero-order valence-electron chi connectivity index (χ0n) is 6.57. The molecular weight excluding hydrogens is 162 g/mol. The van der Waals surface area contributed by atoms with Crippen molar-refractivity contribution < 1.29 is 19.2 Å². The molecule has 3 nitrogen and oxygen atoms in total. The van der Waals surface area contributed by atoms with Crippen LogP contribution in [0.25, 0.3) is 0 Å². The van der Waals surface area contributed by atoms with Gasteiger partial charge in [-0.2, -0.15) is 0 Å². The number of hydrogen-bond donors (Lipinski definition) is 2. The lowest BCUT2D eigenvalue weighted by Gasteiger charge is -1.95. The smallest absolute Gasteiger partial charge is 0.482 e. The van der Waals surface area contributed by atoms with Gasteiger partial charge in [-0.3, -0.25) is 0 Å². The Morgan fingerprint density at radius 1 is 1.42 bits per heavy atom. The van der Waals surface area contributed by atoms with Crippen LogP contribution < -0.4 is 4.74 Å². The molecular formula is C7H9BFO3. The molecule has 65 valence electrons. The number of ether oxygens (including phenoxy) is 1. The van der Waals surface area contributed by atoms with Crippen LogP contribution in [-0.2, 0) is 0 Å². The third-order valence-corrected chi connectivity index (χ3v) is 1.03. The van der Waals surface area contributed by atoms with E-state index >= 15 is 0 Å². The van der Waals surface area contributed by atoms with Crippen molar-refractivity contribution >= 4 is 7.69 Å². The van der Waals surface area contributed by atoms with Crippen LogP contribution in [0.1, 0.15) is 0 Å². The largest absolute Gasteiger partial charge is 0.497 e. The monoisotopic (exact) mass is 171 g/mol. The van der Waals surface area contributed by atoms with E-state index in [1.165, 1.54) is 19.2 Å². The molecule has 0 amide bonds. The Morgan fingerprint density at radius 2 is 2.00 bits per heavy atom. The SMILES string of the molecule is COc1cccc(F)c1.O[B]O. The van der Waals surface area contributed by atoms with E-state index in [2.05, 4.69) is 0 Å². The summed E-state index contributed by atoms with van der Waals surface area (Å²) in [6, 6.07) is 6.01. The normalized spacial score (nSPS) is 8.00. The fourth-order valence-corrected chi connectivity index (χ4v) is 0.594. The first-order valence-corrected chi connectivity index (χ1v) is 3.14. The third-order valence-electron chi connectivity index (χ3n) is 1.03. The molecule has 12 heavy (non-hydrogen) atoms. The van der Waals surface area contributed by atoms with Gasteiger partial charge in [-0.25, -0.2) is 4.39 Å². The predicted molar refractivity (Wildman–Crippen MR) is 43.1 cm³/mol. The quantitative estimate of drug-likeness (QED) is 0.599. The maximum absolute atomic E-state index is 12.3. The molecule has 0 saturated heterocycles. The molecule has 0 aromatic heterocycles. The Balaban J connectivity index is 0.000000354. The lowest BCUT2D eigenvalue weighted by atomic mass is 10.3. The van der Waals surface area contributed by atoms with Gasteiger partial charge in [0.2, 0.25) is 0 Å². The summed E-state index contributed by atoms with van der Waals surface area (Å²) in [5.74, 6) is 0.282. The van der Waals surface area contributed by atoms with Gasteiger partial charge >= 0.3 is 7.69 Å². The van der Waals surface area contributed by atoms with Gasteiger partial charge < -0.3 is 14.8 Å². The van der Waals surface area contributed by atoms with Crippen LogP contribution in [-0.4, -0.2) is 24.8 Å². The summed E-state index contributed by atoms with van der Waals surface area (Å²) in [5.41, 5.74) is 0. The lowest BCUT2D eigenvalue weighted by molar-refractivity contribution is 0.411. The first-order chi connectivity index (χ1) is 5.74. The highest BCUT2D eigenvalue weighted by Gasteiger charge is 1.90. The van der Waals surface area contributed by atoms with Crippen molar-refractivity contribution in [3.63, 3.8) is 0 Å². The summed E-state index contributed by atoms with van der Waals surface area (Å²) in [5, 5.41) is 14.0. The van der Waals surface area contributed by atoms with Crippen LogP contribution in [0, 0.1) is 5.82 Å². The van der Waals surface area contributed by atoms with E-state index in [0.29, 0.717) is 5.75 Å². The molecule has 0 aliphatic heterocycles. The summed E-state index contributed by atoms with van der Waals surface area (Å²) in [6.45, 7) is 0. The standard InChI is InChI=1S/C7H7FO.BH2O2/c1-9-7-4-2-3-6(8)5-7;2-1-3/h2-5H,1H3;2-3H. The van der Waals surface area contributed by atoms with Crippen molar-refractivity contribution in [3.8, 4) is 5.75 Å². The molecule has 0 heterocycles. The molecule has 0 unspecified atom stereocenters. The second kappa shape index (κ2) is 6.63. The molecule has 1 radical (unpaired) electrons. The Kier molecular flexibility index (Phi) is 6.04. The minimum Gasteiger partial charge on any atom is -0.497 e. The fraction of sp³-hybridized carbons (Fsp3) is 0.143. The molecule has 0 fully saturated rings. The molecule has 0 spiro atoms. The molecule has 0 aliphatic rings. The number of methoxy groups -OCH3 is 1. The predicted octanol–water partition coefficient (Wildman–Crippen LogP) is 0.339. The summed E-state index contributed by atoms with van der Waals surface area (Å²) in [4.78, 5) is 0. The maximum Gasteiger partial charge on any atom is 0.482 e. The van der Waals surface area contributed by atoms with Gasteiger partial charge in [0.1, 0.15) is 11.6 Å². The average Bonchev–Trinajstić information content (AvgIpc) is 2.06. The molecule has 0 aliphatic carbocycles. The Bertz CT molecular complexity index is 220. The molecule has 2 N–H and O–H groups in total. The van der Waals surface area contributed by atoms with Gasteiger partial charge in [-0.15, -0.1) is 0 Å². The Labute approximate surface area is 70.7 Å². The van der Waals surface area contributed by atoms with Crippen LogP contribution in [0.15, 0.2) is 24.3 Å². The van der Waals surface area contributed by atoms with Crippen LogP contribution in [0.5, 0.6) is 5.75 Å². The summed E-state index contributed by atoms with van der Waals surface area (Å²) in [7, 11) is 1.51. The van der Waals surface area contributed by atoms with Gasteiger partial charge in [0.25, 0.3) is 0 Å². The molecule has 0 saturated carbocycles. The van der Waals surface area contributed by atoms with Crippen molar-refractivity contribution in [2.45, 2.75) is 0 Å². The highest BCUT2D eigenvalue weighted by atomic mass is 19.1. The summed E-state index contributed by atoms with van der Waals surface area (Å²) < 4.78 is 17.0. The van der Waals surface area contributed by atoms with Gasteiger partial charge in [0, 0.05) is 6.07 Å². The van der Waals surface area contributed by atoms with Crippen molar-refractivity contribution in [3.05, 3.63) is 30.1 Å². The van der Waals surface area contributed by atoms with E-state index in [4.69, 9.17) is 14.8 Å². The van der Waals surface area contributed by atoms with Crippen molar-refractivity contribution in [1.82, 2.24) is 0 Å². The number of benzene rings is 1. The van der Waals surface area contributed by atoms with Crippen LogP contribution in [0.3, 0.4) is 0 Å². The van der Waals surface area contributed by atoms with Crippen molar-refractivity contribution in [2.75, 3.05) is 7.11 Å². The highest BCUT2D eigenvalue weighted by Crippen LogP contribution is 2.09. The average molecular weight is 171 g/mol. The Hall–Kier alpha value is -1.07. The first kappa shape index (κ1) is 10.9. The molecule has 5 heteroatoms. The second-order valence-electron chi connectivity index (χ2n) is 1.78. The molecule has 1 aromatic carbocycles. The number of hydrogen-bond acceptors (Lipinski definition) is 3. The molecule has 1 rings (SSSR count). The van der Waals surface area contributed by atoms with E-state index in [0.717, 1.165) is 0 Å². The second-order valence-corrected chi connectivity index (χ2v) is 1.78. The van der Waals surface area contributed by atoms with E-state index in [9.17, 15) is 4.39 Å². The van der Waals surface area contributed by atoms with E-state index in [1.54, 1.807) is 12.1 Å². The number of rotatable bonds is 1. The Morgan fingerprint density at radius 3 is 2.33 bits per heavy atom. The van der Waals surface area contributed by atoms with E-state index < -0.39 is 0 Å². The first-order valence-electron chi connectivity index (χ1n) is 3.14. The zero-order chi connectivity index (χ0) is 9.40. The van der Waals surface area contributed by atoms with Gasteiger partial charge in [0.05, 0.1) is 7.11 Å². The summed E-state index contributed by atoms with van der Waals surface area (Å²) in [6.07, 6.45) is 0. The maximum atomic E-state index is 12.3. The van der Waals surface area contributed by atoms with Gasteiger partial charge in [0.15, 0.2) is 0 Å². The molecule has 0 bridgehead atoms. The third kappa shape index (κ3) is 4.70. The van der Waals surface area contributed by atoms with E-state index in [1.807, 2.05) is 0 Å². The summed E-state index contributed by atoms with van der Waals surface area (Å²) >= 11 is 0. The van der Waals surface area contributed by atoms with Gasteiger partial charge in [-0.05, 0) is 12.1 Å². The molecule has 0 atom stereocenters. The fourth-order valence-electron chi connectivity index (χ4n) is 0.594.